The van der Waals surface area contributed by atoms with Crippen molar-refractivity contribution in [3.8, 4) is 11.8 Å². The van der Waals surface area contributed by atoms with Gasteiger partial charge >= 0.3 is 0 Å². The van der Waals surface area contributed by atoms with Crippen molar-refractivity contribution in [3.63, 3.8) is 0 Å². The molecule has 2 aromatic carbocycles. The Morgan fingerprint density at radius 3 is 2.74 bits per heavy atom. The van der Waals surface area contributed by atoms with E-state index in [2.05, 4.69) is 16.0 Å². The van der Waals surface area contributed by atoms with E-state index in [4.69, 9.17) is 4.74 Å². The van der Waals surface area contributed by atoms with Gasteiger partial charge in [0.2, 0.25) is 0 Å². The van der Waals surface area contributed by atoms with E-state index in [1.54, 1.807) is 7.11 Å². The molecule has 0 fully saturated rings. The molecule has 0 atom stereocenters. The summed E-state index contributed by atoms with van der Waals surface area (Å²) < 4.78 is 5.26. The molecular formula is C19H17N3O. The van der Waals surface area contributed by atoms with Crippen LogP contribution in [0.25, 0.3) is 22.7 Å². The van der Waals surface area contributed by atoms with Crippen molar-refractivity contribution < 1.29 is 4.74 Å². The lowest BCUT2D eigenvalue weighted by atomic mass is 10.1. The summed E-state index contributed by atoms with van der Waals surface area (Å²) in [6.07, 6.45) is 1.83. The summed E-state index contributed by atoms with van der Waals surface area (Å²) in [6, 6.07) is 14.0. The van der Waals surface area contributed by atoms with Gasteiger partial charge in [-0.3, -0.25) is 0 Å². The van der Waals surface area contributed by atoms with Crippen LogP contribution < -0.4 is 4.74 Å². The van der Waals surface area contributed by atoms with E-state index in [1.807, 2.05) is 56.3 Å². The van der Waals surface area contributed by atoms with Crippen LogP contribution in [0.15, 0.2) is 36.4 Å². The number of nitrogens with zero attached hydrogens (tertiary/aromatic N) is 2. The first-order valence-electron chi connectivity index (χ1n) is 7.34. The fourth-order valence-electron chi connectivity index (χ4n) is 2.56. The Hall–Kier alpha value is -3.06. The molecule has 114 valence electrons. The van der Waals surface area contributed by atoms with Crippen LogP contribution in [-0.2, 0) is 0 Å². The average Bonchev–Trinajstić information content (AvgIpc) is 2.95. The van der Waals surface area contributed by atoms with Crippen LogP contribution in [-0.4, -0.2) is 17.1 Å². The lowest BCUT2D eigenvalue weighted by Crippen LogP contribution is -1.88. The summed E-state index contributed by atoms with van der Waals surface area (Å²) in [7, 11) is 1.65. The van der Waals surface area contributed by atoms with Crippen LogP contribution in [0, 0.1) is 25.2 Å². The highest BCUT2D eigenvalue weighted by molar-refractivity contribution is 5.90. The standard InChI is InChI=1S/C19H17N3O/c1-12-4-6-16-17(8-12)22-19(21-16)15(11-20)10-14-5-7-18(23-3)13(2)9-14/h4-10H,1-3H3,(H,21,22). The first kappa shape index (κ1) is 14.9. The molecule has 0 bridgehead atoms. The molecule has 0 unspecified atom stereocenters. The van der Waals surface area contributed by atoms with Crippen LogP contribution in [0.3, 0.4) is 0 Å². The van der Waals surface area contributed by atoms with Crippen LogP contribution in [0.2, 0.25) is 0 Å². The fourth-order valence-corrected chi connectivity index (χ4v) is 2.56. The van der Waals surface area contributed by atoms with Crippen molar-refractivity contribution in [2.45, 2.75) is 13.8 Å². The van der Waals surface area contributed by atoms with Crippen molar-refractivity contribution in [2.75, 3.05) is 7.11 Å². The van der Waals surface area contributed by atoms with Gasteiger partial charge in [-0.25, -0.2) is 4.98 Å². The fraction of sp³-hybridized carbons (Fsp3) is 0.158. The Labute approximate surface area is 135 Å². The van der Waals surface area contributed by atoms with Crippen molar-refractivity contribution in [1.29, 1.82) is 5.26 Å². The number of imidazole rings is 1. The molecule has 1 N–H and O–H groups in total. The van der Waals surface area contributed by atoms with E-state index in [1.165, 1.54) is 0 Å². The van der Waals surface area contributed by atoms with Crippen LogP contribution in [0.4, 0.5) is 0 Å². The number of benzene rings is 2. The number of aromatic nitrogens is 2. The number of rotatable bonds is 3. The molecule has 0 aliphatic heterocycles. The Balaban J connectivity index is 2.04. The van der Waals surface area contributed by atoms with Gasteiger partial charge in [0, 0.05) is 0 Å². The normalized spacial score (nSPS) is 11.5. The molecule has 0 radical (unpaired) electrons. The minimum Gasteiger partial charge on any atom is -0.496 e. The van der Waals surface area contributed by atoms with Crippen molar-refractivity contribution >= 4 is 22.7 Å². The molecule has 1 heterocycles. The number of methoxy groups -OCH3 is 1. The Kier molecular flexibility index (Phi) is 3.86. The number of aromatic amines is 1. The predicted molar refractivity (Wildman–Crippen MR) is 92.0 cm³/mol. The maximum Gasteiger partial charge on any atom is 0.149 e. The lowest BCUT2D eigenvalue weighted by molar-refractivity contribution is 0.411. The number of hydrogen-bond acceptors (Lipinski definition) is 3. The number of nitriles is 1. The molecule has 0 saturated carbocycles. The van der Waals surface area contributed by atoms with E-state index >= 15 is 0 Å². The molecule has 1 aromatic heterocycles. The molecule has 4 heteroatoms. The minimum atomic E-state index is 0.503. The molecule has 0 aliphatic carbocycles. The van der Waals surface area contributed by atoms with Gasteiger partial charge in [0.15, 0.2) is 0 Å². The SMILES string of the molecule is COc1ccc(C=C(C#N)c2nc3ccc(C)cc3[nH]2)cc1C. The Morgan fingerprint density at radius 1 is 1.22 bits per heavy atom. The molecule has 0 aliphatic rings. The topological polar surface area (TPSA) is 61.7 Å². The van der Waals surface area contributed by atoms with Gasteiger partial charge in [-0.1, -0.05) is 12.1 Å². The second kappa shape index (κ2) is 5.98. The highest BCUT2D eigenvalue weighted by Gasteiger charge is 2.08. The molecule has 3 rings (SSSR count). The van der Waals surface area contributed by atoms with Gasteiger partial charge in [-0.05, 0) is 60.9 Å². The van der Waals surface area contributed by atoms with Crippen molar-refractivity contribution in [3.05, 3.63) is 58.9 Å². The van der Waals surface area contributed by atoms with E-state index in [0.717, 1.165) is 33.5 Å². The second-order valence-corrected chi connectivity index (χ2v) is 5.50. The molecule has 0 saturated heterocycles. The first-order valence-corrected chi connectivity index (χ1v) is 7.34. The quantitative estimate of drug-likeness (QED) is 0.736. The average molecular weight is 303 g/mol. The molecule has 23 heavy (non-hydrogen) atoms. The van der Waals surface area contributed by atoms with Gasteiger partial charge in [-0.2, -0.15) is 5.26 Å². The zero-order valence-corrected chi connectivity index (χ0v) is 13.3. The monoisotopic (exact) mass is 303 g/mol. The number of nitrogens with one attached hydrogen (secondary N) is 1. The first-order chi connectivity index (χ1) is 11.1. The van der Waals surface area contributed by atoms with Crippen molar-refractivity contribution in [1.82, 2.24) is 9.97 Å². The zero-order chi connectivity index (χ0) is 16.4. The van der Waals surface area contributed by atoms with Crippen LogP contribution in [0.1, 0.15) is 22.5 Å². The highest BCUT2D eigenvalue weighted by Crippen LogP contribution is 2.23. The minimum absolute atomic E-state index is 0.503. The summed E-state index contributed by atoms with van der Waals surface area (Å²) in [6.45, 7) is 4.01. The predicted octanol–water partition coefficient (Wildman–Crippen LogP) is 4.25. The summed E-state index contributed by atoms with van der Waals surface area (Å²) in [4.78, 5) is 7.72. The second-order valence-electron chi connectivity index (χ2n) is 5.50. The maximum atomic E-state index is 9.49. The van der Waals surface area contributed by atoms with Gasteiger partial charge in [-0.15, -0.1) is 0 Å². The number of aryl methyl sites for hydroxylation is 2. The molecule has 4 nitrogen and oxygen atoms in total. The largest absolute Gasteiger partial charge is 0.496 e. The summed E-state index contributed by atoms with van der Waals surface area (Å²) in [5.74, 6) is 1.42. The third kappa shape index (κ3) is 2.95. The van der Waals surface area contributed by atoms with E-state index in [9.17, 15) is 5.26 Å². The third-order valence-electron chi connectivity index (χ3n) is 3.74. The molecule has 0 amide bonds. The van der Waals surface area contributed by atoms with E-state index < -0.39 is 0 Å². The summed E-state index contributed by atoms with van der Waals surface area (Å²) in [5, 5.41) is 9.49. The third-order valence-corrected chi connectivity index (χ3v) is 3.74. The Bertz CT molecular complexity index is 945. The number of ether oxygens (including phenoxy) is 1. The van der Waals surface area contributed by atoms with Gasteiger partial charge in [0.05, 0.1) is 23.7 Å². The maximum absolute atomic E-state index is 9.49. The number of H-pyrrole nitrogens is 1. The number of allylic oxidation sites excluding steroid dienone is 1. The zero-order valence-electron chi connectivity index (χ0n) is 13.3. The number of hydrogen-bond donors (Lipinski definition) is 1. The van der Waals surface area contributed by atoms with Crippen molar-refractivity contribution in [2.24, 2.45) is 0 Å². The van der Waals surface area contributed by atoms with Crippen LogP contribution >= 0.6 is 0 Å². The molecule has 0 spiro atoms. The smallest absolute Gasteiger partial charge is 0.149 e. The summed E-state index contributed by atoms with van der Waals surface area (Å²) in [5.41, 5.74) is 5.42. The van der Waals surface area contributed by atoms with Gasteiger partial charge in [0.1, 0.15) is 17.6 Å². The number of fused-ring (bicyclic) bond motifs is 1. The highest BCUT2D eigenvalue weighted by atomic mass is 16.5. The Morgan fingerprint density at radius 2 is 2.04 bits per heavy atom. The summed E-state index contributed by atoms with van der Waals surface area (Å²) >= 11 is 0. The molecular weight excluding hydrogens is 286 g/mol. The van der Waals surface area contributed by atoms with Gasteiger partial charge < -0.3 is 9.72 Å². The van der Waals surface area contributed by atoms with Gasteiger partial charge in [0.25, 0.3) is 0 Å². The van der Waals surface area contributed by atoms with E-state index in [-0.39, 0.29) is 0 Å². The van der Waals surface area contributed by atoms with Crippen LogP contribution in [0.5, 0.6) is 5.75 Å². The van der Waals surface area contributed by atoms with E-state index in [0.29, 0.717) is 11.4 Å². The molecule has 3 aromatic rings. The lowest BCUT2D eigenvalue weighted by Gasteiger charge is -2.05.